The summed E-state index contributed by atoms with van der Waals surface area (Å²) in [6.07, 6.45) is 7.18. The summed E-state index contributed by atoms with van der Waals surface area (Å²) in [6, 6.07) is 6.09. The van der Waals surface area contributed by atoms with E-state index in [0.29, 0.717) is 16.1 Å². The topological polar surface area (TPSA) is 29.9 Å². The minimum absolute atomic E-state index is 0.548. The molecule has 0 bridgehead atoms. The Bertz CT molecular complexity index is 616. The number of aryl methyl sites for hydroxylation is 1. The first-order valence-electron chi connectivity index (χ1n) is 6.91. The van der Waals surface area contributed by atoms with E-state index in [1.165, 1.54) is 25.7 Å². The molecule has 3 rings (SSSR count). The summed E-state index contributed by atoms with van der Waals surface area (Å²) in [6.45, 7) is 2.02. The van der Waals surface area contributed by atoms with Crippen molar-refractivity contribution < 1.29 is 0 Å². The molecule has 0 aliphatic heterocycles. The highest BCUT2D eigenvalue weighted by molar-refractivity contribution is 6.42. The van der Waals surface area contributed by atoms with Gasteiger partial charge in [-0.3, -0.25) is 0 Å². The van der Waals surface area contributed by atoms with Crippen molar-refractivity contribution in [3.05, 3.63) is 40.1 Å². The zero-order valence-electron chi connectivity index (χ0n) is 11.4. The van der Waals surface area contributed by atoms with Crippen molar-refractivity contribution in [3.63, 3.8) is 0 Å². The van der Waals surface area contributed by atoms with E-state index in [-0.39, 0.29) is 0 Å². The SMILES string of the molecule is Cc1cn(C2CCCC2)c(Nc2ccc(Cl)c(Cl)c2)n1. The number of imidazole rings is 1. The first-order valence-corrected chi connectivity index (χ1v) is 7.66. The Labute approximate surface area is 128 Å². The summed E-state index contributed by atoms with van der Waals surface area (Å²) in [5, 5.41) is 4.46. The molecule has 0 radical (unpaired) electrons. The van der Waals surface area contributed by atoms with Gasteiger partial charge in [-0.25, -0.2) is 4.98 Å². The predicted octanol–water partition coefficient (Wildman–Crippen LogP) is 5.36. The van der Waals surface area contributed by atoms with Gasteiger partial charge in [0.2, 0.25) is 5.95 Å². The normalized spacial score (nSPS) is 15.8. The Balaban J connectivity index is 1.87. The summed E-state index contributed by atoms with van der Waals surface area (Å²) >= 11 is 12.0. The molecule has 0 amide bonds. The van der Waals surface area contributed by atoms with Crippen molar-refractivity contribution in [2.75, 3.05) is 5.32 Å². The number of nitrogens with one attached hydrogen (secondary N) is 1. The molecule has 1 aliphatic rings. The fourth-order valence-electron chi connectivity index (χ4n) is 2.77. The Morgan fingerprint density at radius 1 is 1.20 bits per heavy atom. The average Bonchev–Trinajstić information content (AvgIpc) is 3.03. The molecule has 0 atom stereocenters. The van der Waals surface area contributed by atoms with E-state index >= 15 is 0 Å². The van der Waals surface area contributed by atoms with Gasteiger partial charge in [-0.15, -0.1) is 0 Å². The highest BCUT2D eigenvalue weighted by Gasteiger charge is 2.20. The van der Waals surface area contributed by atoms with Gasteiger partial charge in [0.25, 0.3) is 0 Å². The molecule has 0 spiro atoms. The van der Waals surface area contributed by atoms with Crippen LogP contribution in [0.4, 0.5) is 11.6 Å². The third kappa shape index (κ3) is 2.79. The largest absolute Gasteiger partial charge is 0.326 e. The lowest BCUT2D eigenvalue weighted by molar-refractivity contribution is 0.524. The van der Waals surface area contributed by atoms with E-state index in [9.17, 15) is 0 Å². The first kappa shape index (κ1) is 13.8. The summed E-state index contributed by atoms with van der Waals surface area (Å²) in [5.74, 6) is 0.882. The van der Waals surface area contributed by atoms with Crippen LogP contribution in [0, 0.1) is 6.92 Å². The molecular formula is C15H17Cl2N3. The van der Waals surface area contributed by atoms with Crippen molar-refractivity contribution in [3.8, 4) is 0 Å². The van der Waals surface area contributed by atoms with Gasteiger partial charge in [0, 0.05) is 17.9 Å². The Kier molecular flexibility index (Phi) is 3.90. The lowest BCUT2D eigenvalue weighted by atomic mass is 10.2. The van der Waals surface area contributed by atoms with Crippen LogP contribution in [0.5, 0.6) is 0 Å². The quantitative estimate of drug-likeness (QED) is 0.827. The minimum Gasteiger partial charge on any atom is -0.326 e. The second-order valence-corrected chi connectivity index (χ2v) is 6.12. The smallest absolute Gasteiger partial charge is 0.207 e. The maximum absolute atomic E-state index is 6.05. The zero-order valence-corrected chi connectivity index (χ0v) is 12.9. The predicted molar refractivity (Wildman–Crippen MR) is 84.2 cm³/mol. The summed E-state index contributed by atoms with van der Waals surface area (Å²) in [4.78, 5) is 4.58. The van der Waals surface area contributed by atoms with Crippen LogP contribution in [0.1, 0.15) is 37.4 Å². The third-order valence-corrected chi connectivity index (χ3v) is 4.49. The molecular weight excluding hydrogens is 293 g/mol. The van der Waals surface area contributed by atoms with E-state index in [1.807, 2.05) is 19.1 Å². The van der Waals surface area contributed by atoms with Crippen molar-refractivity contribution in [1.29, 1.82) is 0 Å². The highest BCUT2D eigenvalue weighted by Crippen LogP contribution is 2.33. The molecule has 1 aromatic carbocycles. The standard InChI is InChI=1S/C15H17Cl2N3/c1-10-9-20(12-4-2-3-5-12)15(18-10)19-11-6-7-13(16)14(17)8-11/h6-9,12H,2-5H2,1H3,(H,18,19). The molecule has 20 heavy (non-hydrogen) atoms. The Morgan fingerprint density at radius 2 is 1.95 bits per heavy atom. The van der Waals surface area contributed by atoms with Crippen LogP contribution >= 0.6 is 23.2 Å². The van der Waals surface area contributed by atoms with Crippen LogP contribution in [-0.4, -0.2) is 9.55 Å². The van der Waals surface area contributed by atoms with Crippen molar-refractivity contribution >= 4 is 34.8 Å². The monoisotopic (exact) mass is 309 g/mol. The van der Waals surface area contributed by atoms with Crippen LogP contribution in [0.2, 0.25) is 10.0 Å². The third-order valence-electron chi connectivity index (χ3n) is 3.75. The highest BCUT2D eigenvalue weighted by atomic mass is 35.5. The van der Waals surface area contributed by atoms with Crippen molar-refractivity contribution in [1.82, 2.24) is 9.55 Å². The molecule has 2 aromatic rings. The second-order valence-electron chi connectivity index (χ2n) is 5.31. The number of benzene rings is 1. The van der Waals surface area contributed by atoms with E-state index < -0.39 is 0 Å². The molecule has 1 aromatic heterocycles. The van der Waals surface area contributed by atoms with Crippen LogP contribution in [-0.2, 0) is 0 Å². The molecule has 3 nitrogen and oxygen atoms in total. The van der Waals surface area contributed by atoms with Gasteiger partial charge >= 0.3 is 0 Å². The van der Waals surface area contributed by atoms with Gasteiger partial charge in [0.1, 0.15) is 0 Å². The average molecular weight is 310 g/mol. The molecule has 1 aliphatic carbocycles. The van der Waals surface area contributed by atoms with Crippen LogP contribution < -0.4 is 5.32 Å². The number of anilines is 2. The summed E-state index contributed by atoms with van der Waals surface area (Å²) in [5.41, 5.74) is 1.93. The van der Waals surface area contributed by atoms with Crippen LogP contribution in [0.3, 0.4) is 0 Å². The fourth-order valence-corrected chi connectivity index (χ4v) is 3.07. The maximum atomic E-state index is 6.05. The number of hydrogen-bond donors (Lipinski definition) is 1. The lowest BCUT2D eigenvalue weighted by Crippen LogP contribution is -2.07. The molecule has 0 unspecified atom stereocenters. The summed E-state index contributed by atoms with van der Waals surface area (Å²) < 4.78 is 2.25. The van der Waals surface area contributed by atoms with Gasteiger partial charge in [0.05, 0.1) is 15.7 Å². The van der Waals surface area contributed by atoms with Crippen LogP contribution in [0.15, 0.2) is 24.4 Å². The number of nitrogens with zero attached hydrogens (tertiary/aromatic N) is 2. The second kappa shape index (κ2) is 5.66. The van der Waals surface area contributed by atoms with E-state index in [2.05, 4.69) is 21.1 Å². The zero-order chi connectivity index (χ0) is 14.1. The maximum Gasteiger partial charge on any atom is 0.207 e. The molecule has 1 fully saturated rings. The number of halogens is 2. The van der Waals surface area contributed by atoms with Gasteiger partial charge in [0.15, 0.2) is 0 Å². The number of rotatable bonds is 3. The van der Waals surface area contributed by atoms with Gasteiger partial charge in [-0.2, -0.15) is 0 Å². The number of aromatic nitrogens is 2. The first-order chi connectivity index (χ1) is 9.63. The molecule has 1 N–H and O–H groups in total. The number of hydrogen-bond acceptors (Lipinski definition) is 2. The Hall–Kier alpha value is -1.19. The molecule has 5 heteroatoms. The minimum atomic E-state index is 0.548. The van der Waals surface area contributed by atoms with Gasteiger partial charge in [-0.1, -0.05) is 36.0 Å². The molecule has 0 saturated heterocycles. The summed E-state index contributed by atoms with van der Waals surface area (Å²) in [7, 11) is 0. The van der Waals surface area contributed by atoms with Crippen LogP contribution in [0.25, 0.3) is 0 Å². The Morgan fingerprint density at radius 3 is 2.65 bits per heavy atom. The molecule has 106 valence electrons. The lowest BCUT2D eigenvalue weighted by Gasteiger charge is -2.15. The van der Waals surface area contributed by atoms with E-state index in [4.69, 9.17) is 23.2 Å². The van der Waals surface area contributed by atoms with E-state index in [1.54, 1.807) is 6.07 Å². The van der Waals surface area contributed by atoms with Crippen molar-refractivity contribution in [2.45, 2.75) is 38.6 Å². The van der Waals surface area contributed by atoms with Crippen molar-refractivity contribution in [2.24, 2.45) is 0 Å². The van der Waals surface area contributed by atoms with E-state index in [0.717, 1.165) is 17.3 Å². The van der Waals surface area contributed by atoms with Gasteiger partial charge in [-0.05, 0) is 38.0 Å². The molecule has 1 heterocycles. The fraction of sp³-hybridized carbons (Fsp3) is 0.400. The van der Waals surface area contributed by atoms with Gasteiger partial charge < -0.3 is 9.88 Å². The molecule has 1 saturated carbocycles.